The maximum Gasteiger partial charge on any atom is 0.225 e. The van der Waals surface area contributed by atoms with Crippen molar-refractivity contribution in [3.05, 3.63) is 45.6 Å². The van der Waals surface area contributed by atoms with E-state index in [0.29, 0.717) is 0 Å². The summed E-state index contributed by atoms with van der Waals surface area (Å²) < 4.78 is 0. The molecule has 0 aliphatic carbocycles. The van der Waals surface area contributed by atoms with E-state index in [0.717, 1.165) is 21.7 Å². The topological polar surface area (TPSA) is 37.8 Å². The molecule has 20 heavy (non-hydrogen) atoms. The quantitative estimate of drug-likeness (QED) is 0.676. The molecule has 0 bridgehead atoms. The second-order valence-electron chi connectivity index (χ2n) is 4.79. The zero-order valence-corrected chi connectivity index (χ0v) is 13.1. The van der Waals surface area contributed by atoms with Gasteiger partial charge in [-0.15, -0.1) is 11.3 Å². The van der Waals surface area contributed by atoms with Crippen LogP contribution in [-0.4, -0.2) is 9.97 Å². The highest BCUT2D eigenvalue weighted by atomic mass is 35.5. The number of hydrogen-bond acceptors (Lipinski definition) is 4. The monoisotopic (exact) mass is 303 g/mol. The van der Waals surface area contributed by atoms with Crippen LogP contribution in [0.5, 0.6) is 0 Å². The number of rotatable bonds is 2. The first-order valence-corrected chi connectivity index (χ1v) is 7.51. The highest BCUT2D eigenvalue weighted by Crippen LogP contribution is 2.32. The standard InChI is InChI=1S/C15H14ClN3S/c1-8-5-4-6-12(10(8)3)17-13-11-7-9(2)20-14(11)19-15(16)18-13/h4-7H,1-3H3,(H,17,18,19). The average Bonchev–Trinajstić information content (AvgIpc) is 2.75. The van der Waals surface area contributed by atoms with E-state index in [1.165, 1.54) is 16.0 Å². The molecule has 5 heteroatoms. The largest absolute Gasteiger partial charge is 0.339 e. The van der Waals surface area contributed by atoms with Crippen molar-refractivity contribution in [1.29, 1.82) is 0 Å². The average molecular weight is 304 g/mol. The van der Waals surface area contributed by atoms with Crippen LogP contribution < -0.4 is 5.32 Å². The van der Waals surface area contributed by atoms with Gasteiger partial charge in [0.2, 0.25) is 5.28 Å². The van der Waals surface area contributed by atoms with Crippen LogP contribution in [-0.2, 0) is 0 Å². The number of thiophene rings is 1. The lowest BCUT2D eigenvalue weighted by atomic mass is 10.1. The van der Waals surface area contributed by atoms with Crippen LogP contribution >= 0.6 is 22.9 Å². The molecule has 2 aromatic heterocycles. The Labute approximate surface area is 126 Å². The van der Waals surface area contributed by atoms with Gasteiger partial charge in [0.1, 0.15) is 10.6 Å². The molecule has 3 rings (SSSR count). The Bertz CT molecular complexity index is 795. The number of nitrogens with zero attached hydrogens (tertiary/aromatic N) is 2. The second kappa shape index (κ2) is 5.04. The van der Waals surface area contributed by atoms with Crippen molar-refractivity contribution in [2.24, 2.45) is 0 Å². The molecule has 0 saturated carbocycles. The number of aromatic nitrogens is 2. The van der Waals surface area contributed by atoms with Gasteiger partial charge < -0.3 is 5.32 Å². The predicted molar refractivity (Wildman–Crippen MR) is 86.4 cm³/mol. The Hall–Kier alpha value is -1.65. The Morgan fingerprint density at radius 1 is 1.15 bits per heavy atom. The summed E-state index contributed by atoms with van der Waals surface area (Å²) in [7, 11) is 0. The minimum atomic E-state index is 0.271. The summed E-state index contributed by atoms with van der Waals surface area (Å²) in [5.41, 5.74) is 3.50. The normalized spacial score (nSPS) is 11.0. The van der Waals surface area contributed by atoms with Gasteiger partial charge in [0, 0.05) is 10.6 Å². The summed E-state index contributed by atoms with van der Waals surface area (Å²) in [5, 5.41) is 4.66. The molecule has 0 aliphatic heterocycles. The van der Waals surface area contributed by atoms with Crippen LogP contribution in [0.1, 0.15) is 16.0 Å². The van der Waals surface area contributed by atoms with Crippen molar-refractivity contribution < 1.29 is 0 Å². The Balaban J connectivity index is 2.12. The highest BCUT2D eigenvalue weighted by molar-refractivity contribution is 7.18. The van der Waals surface area contributed by atoms with E-state index in [2.05, 4.69) is 48.2 Å². The van der Waals surface area contributed by atoms with E-state index < -0.39 is 0 Å². The van der Waals surface area contributed by atoms with Crippen molar-refractivity contribution >= 4 is 44.7 Å². The van der Waals surface area contributed by atoms with Gasteiger partial charge in [-0.2, -0.15) is 4.98 Å². The number of halogens is 1. The maximum absolute atomic E-state index is 6.01. The van der Waals surface area contributed by atoms with Gasteiger partial charge in [-0.3, -0.25) is 0 Å². The molecule has 0 radical (unpaired) electrons. The number of fused-ring (bicyclic) bond motifs is 1. The molecule has 0 spiro atoms. The first-order chi connectivity index (χ1) is 9.54. The van der Waals surface area contributed by atoms with Crippen LogP contribution in [0, 0.1) is 20.8 Å². The Morgan fingerprint density at radius 3 is 2.75 bits per heavy atom. The van der Waals surface area contributed by atoms with Gasteiger partial charge in [0.25, 0.3) is 0 Å². The lowest BCUT2D eigenvalue weighted by Crippen LogP contribution is -1.98. The Kier molecular flexibility index (Phi) is 3.36. The molecule has 0 amide bonds. The summed E-state index contributed by atoms with van der Waals surface area (Å²) in [5.74, 6) is 0.762. The van der Waals surface area contributed by atoms with Crippen LogP contribution in [0.4, 0.5) is 11.5 Å². The molecular formula is C15H14ClN3S. The molecule has 102 valence electrons. The summed E-state index contributed by atoms with van der Waals surface area (Å²) in [4.78, 5) is 10.7. The number of aryl methyl sites for hydroxylation is 2. The molecule has 0 unspecified atom stereocenters. The van der Waals surface area contributed by atoms with Gasteiger partial charge in [-0.1, -0.05) is 12.1 Å². The summed E-state index contributed by atoms with van der Waals surface area (Å²) in [6, 6.07) is 8.26. The van der Waals surface area contributed by atoms with Crippen molar-refractivity contribution in [3.63, 3.8) is 0 Å². The highest BCUT2D eigenvalue weighted by Gasteiger charge is 2.11. The fourth-order valence-corrected chi connectivity index (χ4v) is 3.22. The number of anilines is 2. The molecule has 3 nitrogen and oxygen atoms in total. The molecular weight excluding hydrogens is 290 g/mol. The summed E-state index contributed by atoms with van der Waals surface area (Å²) >= 11 is 7.64. The molecule has 0 saturated heterocycles. The van der Waals surface area contributed by atoms with Crippen molar-refractivity contribution in [2.45, 2.75) is 20.8 Å². The van der Waals surface area contributed by atoms with Crippen LogP contribution in [0.3, 0.4) is 0 Å². The predicted octanol–water partition coefficient (Wildman–Crippen LogP) is 5.01. The van der Waals surface area contributed by atoms with Gasteiger partial charge in [-0.05, 0) is 55.6 Å². The molecule has 0 fully saturated rings. The van der Waals surface area contributed by atoms with E-state index in [1.54, 1.807) is 11.3 Å². The lowest BCUT2D eigenvalue weighted by molar-refractivity contribution is 1.22. The van der Waals surface area contributed by atoms with Crippen LogP contribution in [0.25, 0.3) is 10.2 Å². The second-order valence-corrected chi connectivity index (χ2v) is 6.36. The van der Waals surface area contributed by atoms with Gasteiger partial charge in [-0.25, -0.2) is 4.98 Å². The van der Waals surface area contributed by atoms with Crippen molar-refractivity contribution in [3.8, 4) is 0 Å². The minimum absolute atomic E-state index is 0.271. The van der Waals surface area contributed by atoms with Gasteiger partial charge in [0.15, 0.2) is 0 Å². The summed E-state index contributed by atoms with van der Waals surface area (Å²) in [6.07, 6.45) is 0. The third-order valence-electron chi connectivity index (χ3n) is 3.35. The molecule has 0 aliphatic rings. The van der Waals surface area contributed by atoms with Crippen LogP contribution in [0.2, 0.25) is 5.28 Å². The van der Waals surface area contributed by atoms with E-state index in [-0.39, 0.29) is 5.28 Å². The zero-order valence-electron chi connectivity index (χ0n) is 11.5. The first-order valence-electron chi connectivity index (χ1n) is 6.31. The zero-order chi connectivity index (χ0) is 14.3. The van der Waals surface area contributed by atoms with E-state index in [9.17, 15) is 0 Å². The Morgan fingerprint density at radius 2 is 1.95 bits per heavy atom. The number of hydrogen-bond donors (Lipinski definition) is 1. The van der Waals surface area contributed by atoms with E-state index in [1.807, 2.05) is 12.1 Å². The minimum Gasteiger partial charge on any atom is -0.339 e. The smallest absolute Gasteiger partial charge is 0.225 e. The summed E-state index contributed by atoms with van der Waals surface area (Å²) in [6.45, 7) is 6.25. The molecule has 2 heterocycles. The number of benzene rings is 1. The fourth-order valence-electron chi connectivity index (χ4n) is 2.13. The third kappa shape index (κ3) is 2.37. The fraction of sp³-hybridized carbons (Fsp3) is 0.200. The van der Waals surface area contributed by atoms with E-state index >= 15 is 0 Å². The molecule has 0 atom stereocenters. The third-order valence-corrected chi connectivity index (χ3v) is 4.46. The van der Waals surface area contributed by atoms with Crippen molar-refractivity contribution in [1.82, 2.24) is 9.97 Å². The molecule has 1 aromatic carbocycles. The lowest BCUT2D eigenvalue weighted by Gasteiger charge is -2.11. The maximum atomic E-state index is 6.01. The molecule has 1 N–H and O–H groups in total. The van der Waals surface area contributed by atoms with Crippen molar-refractivity contribution in [2.75, 3.05) is 5.32 Å². The SMILES string of the molecule is Cc1cc2c(Nc3cccc(C)c3C)nc(Cl)nc2s1. The molecule has 3 aromatic rings. The van der Waals surface area contributed by atoms with E-state index in [4.69, 9.17) is 11.6 Å². The van der Waals surface area contributed by atoms with Gasteiger partial charge in [0.05, 0.1) is 5.39 Å². The number of nitrogens with one attached hydrogen (secondary N) is 1. The van der Waals surface area contributed by atoms with Gasteiger partial charge >= 0.3 is 0 Å². The van der Waals surface area contributed by atoms with Crippen LogP contribution in [0.15, 0.2) is 24.3 Å². The first kappa shape index (κ1) is 13.3.